The second kappa shape index (κ2) is 11.5. The fourth-order valence-electron chi connectivity index (χ4n) is 2.72. The predicted octanol–water partition coefficient (Wildman–Crippen LogP) is 3.21. The van der Waals surface area contributed by atoms with Crippen molar-refractivity contribution in [1.82, 2.24) is 19.9 Å². The molecule has 29 heavy (non-hydrogen) atoms. The maximum absolute atomic E-state index is 13.0. The van der Waals surface area contributed by atoms with Gasteiger partial charge in [0.05, 0.1) is 11.4 Å². The molecule has 2 aliphatic carbocycles. The first-order valence-electron chi connectivity index (χ1n) is 8.87. The fourth-order valence-corrected chi connectivity index (χ4v) is 2.72. The summed E-state index contributed by atoms with van der Waals surface area (Å²) in [5.41, 5.74) is 1.58. The molecule has 0 saturated heterocycles. The van der Waals surface area contributed by atoms with Crippen LogP contribution in [0.5, 0.6) is 0 Å². The standard InChI is InChI=1S/C17H16FN4O.C5H5.Fe/c1-12-16(17(23)21(2)11-13-5-3-4-6-13)19-20-22(12)15-9-7-14(18)8-10-15;1-2-4-5-3-1;/h3-10H,11H2,1-2H3;1-5H;/q;;+2. The van der Waals surface area contributed by atoms with Crippen molar-refractivity contribution in [3.05, 3.63) is 105 Å². The second-order valence-corrected chi connectivity index (χ2v) is 6.33. The van der Waals surface area contributed by atoms with Crippen LogP contribution < -0.4 is 0 Å². The molecule has 0 unspecified atom stereocenters. The molecule has 148 valence electrons. The number of nitrogens with zero attached hydrogens (tertiary/aromatic N) is 4. The molecule has 2 aliphatic rings. The Hall–Kier alpha value is -1.72. The van der Waals surface area contributed by atoms with Crippen molar-refractivity contribution in [2.24, 2.45) is 0 Å². The Morgan fingerprint density at radius 2 is 1.55 bits per heavy atom. The second-order valence-electron chi connectivity index (χ2n) is 6.33. The van der Waals surface area contributed by atoms with Gasteiger partial charge in [-0.1, -0.05) is 5.21 Å². The summed E-state index contributed by atoms with van der Waals surface area (Å²) in [6.07, 6.45) is 17.8. The quantitative estimate of drug-likeness (QED) is 0.698. The molecule has 1 amide bonds. The van der Waals surface area contributed by atoms with Crippen LogP contribution in [0.4, 0.5) is 4.39 Å². The Morgan fingerprint density at radius 1 is 1.00 bits per heavy atom. The number of amides is 1. The zero-order valence-corrected chi connectivity index (χ0v) is 17.2. The van der Waals surface area contributed by atoms with Gasteiger partial charge in [-0.15, -0.1) is 5.10 Å². The number of benzene rings is 1. The Labute approximate surface area is 183 Å². The van der Waals surface area contributed by atoms with E-state index in [1.165, 1.54) is 16.8 Å². The molecule has 0 atom stereocenters. The molecular formula is C22H21FFeN4O+2. The number of rotatable bonds is 4. The van der Waals surface area contributed by atoms with Crippen LogP contribution >= 0.6 is 0 Å². The van der Waals surface area contributed by atoms with Gasteiger partial charge in [-0.25, -0.2) is 9.07 Å². The third-order valence-electron chi connectivity index (χ3n) is 4.22. The van der Waals surface area contributed by atoms with Gasteiger partial charge in [0.2, 0.25) is 0 Å². The summed E-state index contributed by atoms with van der Waals surface area (Å²) < 4.78 is 14.5. The van der Waals surface area contributed by atoms with Crippen LogP contribution in [-0.2, 0) is 17.1 Å². The van der Waals surface area contributed by atoms with Crippen LogP contribution in [0.2, 0.25) is 0 Å². The third kappa shape index (κ3) is 6.38. The van der Waals surface area contributed by atoms with Crippen LogP contribution in [0.3, 0.4) is 0 Å². The Kier molecular flexibility index (Phi) is 9.31. The van der Waals surface area contributed by atoms with Crippen molar-refractivity contribution in [3.63, 3.8) is 0 Å². The molecule has 10 radical (unpaired) electrons. The van der Waals surface area contributed by atoms with E-state index >= 15 is 0 Å². The van der Waals surface area contributed by atoms with Gasteiger partial charge < -0.3 is 4.90 Å². The zero-order chi connectivity index (χ0) is 19.9. The summed E-state index contributed by atoms with van der Waals surface area (Å²) >= 11 is 0. The first-order chi connectivity index (χ1) is 13.6. The normalized spacial score (nSPS) is 16.1. The molecule has 0 bridgehead atoms. The molecule has 2 saturated carbocycles. The van der Waals surface area contributed by atoms with E-state index in [2.05, 4.69) is 10.3 Å². The van der Waals surface area contributed by atoms with Gasteiger partial charge in [0.1, 0.15) is 5.82 Å². The number of aromatic nitrogens is 3. The maximum atomic E-state index is 13.0. The maximum Gasteiger partial charge on any atom is 2.00 e. The number of carbonyl (C=O) groups is 1. The van der Waals surface area contributed by atoms with E-state index in [-0.39, 0.29) is 28.8 Å². The molecule has 2 aromatic rings. The van der Waals surface area contributed by atoms with Gasteiger partial charge in [0, 0.05) is 19.5 Å². The minimum atomic E-state index is -0.322. The molecule has 2 fully saturated rings. The minimum Gasteiger partial charge on any atom is -0.340 e. The summed E-state index contributed by atoms with van der Waals surface area (Å²) in [4.78, 5) is 14.1. The smallest absolute Gasteiger partial charge is 0.340 e. The van der Waals surface area contributed by atoms with Gasteiger partial charge in [0.15, 0.2) is 5.69 Å². The largest absolute Gasteiger partial charge is 2.00 e. The molecule has 1 aromatic carbocycles. The fraction of sp³-hybridized carbons (Fsp3) is 0.136. The van der Waals surface area contributed by atoms with Crippen LogP contribution in [-0.4, -0.2) is 39.4 Å². The number of hydrogen-bond donors (Lipinski definition) is 0. The third-order valence-corrected chi connectivity index (χ3v) is 4.22. The van der Waals surface area contributed by atoms with Crippen molar-refractivity contribution in [3.8, 4) is 5.69 Å². The summed E-state index contributed by atoms with van der Waals surface area (Å²) in [5, 5.41) is 8.01. The predicted molar refractivity (Wildman–Crippen MR) is 105 cm³/mol. The van der Waals surface area contributed by atoms with Crippen LogP contribution in [0.25, 0.3) is 5.69 Å². The first-order valence-corrected chi connectivity index (χ1v) is 8.87. The molecular weight excluding hydrogens is 411 g/mol. The van der Waals surface area contributed by atoms with E-state index in [1.807, 2.05) is 57.8 Å². The minimum absolute atomic E-state index is 0. The Bertz CT molecular complexity index is 760. The summed E-state index contributed by atoms with van der Waals surface area (Å²) in [5.74, 6) is 0.541. The van der Waals surface area contributed by atoms with Gasteiger partial charge >= 0.3 is 17.1 Å². The topological polar surface area (TPSA) is 51.0 Å². The Balaban J connectivity index is 0.000000437. The van der Waals surface area contributed by atoms with Crippen molar-refractivity contribution in [1.29, 1.82) is 0 Å². The average molecular weight is 432 g/mol. The summed E-state index contributed by atoms with van der Waals surface area (Å²) in [6, 6.07) is 5.89. The SMILES string of the molecule is Cc1c(C(=O)N(C)C[C]2[CH][CH][CH][CH]2)nnn1-c1ccc(F)cc1.[CH]1[CH][CH][CH][CH]1.[Fe+2]. The number of hydrogen-bond acceptors (Lipinski definition) is 3. The molecule has 1 heterocycles. The molecule has 5 nitrogen and oxygen atoms in total. The van der Waals surface area contributed by atoms with E-state index in [1.54, 1.807) is 31.0 Å². The monoisotopic (exact) mass is 432 g/mol. The molecule has 1 aromatic heterocycles. The average Bonchev–Trinajstić information content (AvgIpc) is 3.46. The van der Waals surface area contributed by atoms with Crippen molar-refractivity contribution in [2.45, 2.75) is 6.92 Å². The van der Waals surface area contributed by atoms with Crippen LogP contribution in [0.1, 0.15) is 16.2 Å². The van der Waals surface area contributed by atoms with Gasteiger partial charge in [-0.2, -0.15) is 0 Å². The van der Waals surface area contributed by atoms with Gasteiger partial charge in [-0.05, 0) is 89.0 Å². The first kappa shape index (κ1) is 23.6. The number of carbonyl (C=O) groups excluding carboxylic acids is 1. The molecule has 4 rings (SSSR count). The van der Waals surface area contributed by atoms with Crippen LogP contribution in [0, 0.1) is 76.4 Å². The van der Waals surface area contributed by atoms with Crippen molar-refractivity contribution < 1.29 is 26.3 Å². The summed E-state index contributed by atoms with van der Waals surface area (Å²) in [6.45, 7) is 2.28. The van der Waals surface area contributed by atoms with E-state index in [4.69, 9.17) is 0 Å². The molecule has 7 heteroatoms. The summed E-state index contributed by atoms with van der Waals surface area (Å²) in [7, 11) is 1.73. The Morgan fingerprint density at radius 3 is 2.10 bits per heavy atom. The molecule has 0 spiro atoms. The van der Waals surface area contributed by atoms with E-state index in [0.717, 1.165) is 5.92 Å². The number of halogens is 1. The van der Waals surface area contributed by atoms with Crippen molar-refractivity contribution >= 4 is 5.91 Å². The molecule has 0 N–H and O–H groups in total. The van der Waals surface area contributed by atoms with E-state index in [9.17, 15) is 9.18 Å². The van der Waals surface area contributed by atoms with E-state index < -0.39 is 0 Å². The van der Waals surface area contributed by atoms with Gasteiger partial charge in [0.25, 0.3) is 5.91 Å². The van der Waals surface area contributed by atoms with Crippen LogP contribution in [0.15, 0.2) is 24.3 Å². The van der Waals surface area contributed by atoms with Crippen molar-refractivity contribution in [2.75, 3.05) is 13.6 Å². The molecule has 0 aliphatic heterocycles. The zero-order valence-electron chi connectivity index (χ0n) is 16.1. The van der Waals surface area contributed by atoms with E-state index in [0.29, 0.717) is 23.6 Å². The van der Waals surface area contributed by atoms with Gasteiger partial charge in [-0.3, -0.25) is 4.79 Å².